The minimum atomic E-state index is -0.432. The number of ether oxygens (including phenoxy) is 2. The molecular weight excluding hydrogens is 282 g/mol. The second-order valence-electron chi connectivity index (χ2n) is 5.33. The lowest BCUT2D eigenvalue weighted by molar-refractivity contribution is 0.0880. The molecule has 3 rings (SSSR count). The number of β-amino-alcohol motifs (C(OH)–C–C–N with tert-alkyl or cyclic N) is 1. The van der Waals surface area contributed by atoms with E-state index in [4.69, 9.17) is 9.47 Å². The summed E-state index contributed by atoms with van der Waals surface area (Å²) in [7, 11) is 3.23. The number of piperidine rings is 1. The minimum Gasteiger partial charge on any atom is -0.493 e. The first-order valence-electron chi connectivity index (χ1n) is 7.39. The van der Waals surface area contributed by atoms with Crippen LogP contribution >= 0.6 is 0 Å². The van der Waals surface area contributed by atoms with Crippen molar-refractivity contribution in [2.75, 3.05) is 27.3 Å². The third-order valence-electron chi connectivity index (χ3n) is 4.08. The molecule has 22 heavy (non-hydrogen) atoms. The van der Waals surface area contributed by atoms with Crippen LogP contribution in [-0.4, -0.2) is 48.1 Å². The van der Waals surface area contributed by atoms with Gasteiger partial charge in [0.15, 0.2) is 11.5 Å². The van der Waals surface area contributed by atoms with Gasteiger partial charge in [0.1, 0.15) is 5.82 Å². The normalized spacial score (nSPS) is 21.6. The van der Waals surface area contributed by atoms with Gasteiger partial charge in [-0.3, -0.25) is 0 Å². The van der Waals surface area contributed by atoms with Crippen LogP contribution in [0.15, 0.2) is 30.6 Å². The molecule has 0 unspecified atom stereocenters. The van der Waals surface area contributed by atoms with Gasteiger partial charge in [0.25, 0.3) is 0 Å². The minimum absolute atomic E-state index is 0.00894. The van der Waals surface area contributed by atoms with E-state index < -0.39 is 6.10 Å². The van der Waals surface area contributed by atoms with Crippen molar-refractivity contribution < 1.29 is 14.6 Å². The molecule has 2 aromatic rings. The summed E-state index contributed by atoms with van der Waals surface area (Å²) in [6.45, 7) is 1.48. The fourth-order valence-electron chi connectivity index (χ4n) is 3.01. The summed E-state index contributed by atoms with van der Waals surface area (Å²) in [4.78, 5) is 4.48. The van der Waals surface area contributed by atoms with Crippen LogP contribution in [0.25, 0.3) is 11.4 Å². The first kappa shape index (κ1) is 14.9. The van der Waals surface area contributed by atoms with E-state index in [9.17, 15) is 5.11 Å². The zero-order chi connectivity index (χ0) is 15.5. The second-order valence-corrected chi connectivity index (χ2v) is 5.33. The fraction of sp³-hybridized carbons (Fsp3) is 0.438. The van der Waals surface area contributed by atoms with Crippen molar-refractivity contribution in [2.24, 2.45) is 0 Å². The number of nitrogens with one attached hydrogen (secondary N) is 1. The Kier molecular flexibility index (Phi) is 4.31. The SMILES string of the molecule is COc1cccc(-c2nccn2[C@H]2CCNC[C@@H]2O)c1OC. The first-order valence-corrected chi connectivity index (χ1v) is 7.39. The molecule has 0 saturated carbocycles. The van der Waals surface area contributed by atoms with Gasteiger partial charge in [0.2, 0.25) is 0 Å². The monoisotopic (exact) mass is 303 g/mol. The van der Waals surface area contributed by atoms with Gasteiger partial charge in [0.05, 0.1) is 31.9 Å². The summed E-state index contributed by atoms with van der Waals surface area (Å²) in [5.74, 6) is 2.10. The number of aliphatic hydroxyl groups excluding tert-OH is 1. The van der Waals surface area contributed by atoms with Gasteiger partial charge in [-0.1, -0.05) is 6.07 Å². The van der Waals surface area contributed by atoms with E-state index in [0.29, 0.717) is 18.0 Å². The molecule has 0 spiro atoms. The first-order chi connectivity index (χ1) is 10.8. The van der Waals surface area contributed by atoms with E-state index in [1.807, 2.05) is 29.0 Å². The Labute approximate surface area is 129 Å². The highest BCUT2D eigenvalue weighted by molar-refractivity contribution is 5.69. The molecule has 0 bridgehead atoms. The molecule has 118 valence electrons. The predicted molar refractivity (Wildman–Crippen MR) is 83.3 cm³/mol. The van der Waals surface area contributed by atoms with Crippen LogP contribution < -0.4 is 14.8 Å². The van der Waals surface area contributed by atoms with Crippen LogP contribution in [0, 0.1) is 0 Å². The van der Waals surface area contributed by atoms with Crippen molar-refractivity contribution in [3.8, 4) is 22.9 Å². The number of hydrogen-bond donors (Lipinski definition) is 2. The molecule has 0 radical (unpaired) electrons. The summed E-state index contributed by atoms with van der Waals surface area (Å²) in [5.41, 5.74) is 0.859. The highest BCUT2D eigenvalue weighted by Crippen LogP contribution is 2.38. The van der Waals surface area contributed by atoms with Crippen LogP contribution in [0.1, 0.15) is 12.5 Å². The Hall–Kier alpha value is -2.05. The van der Waals surface area contributed by atoms with Gasteiger partial charge in [-0.25, -0.2) is 4.98 Å². The van der Waals surface area contributed by atoms with Crippen LogP contribution in [-0.2, 0) is 0 Å². The molecule has 1 aliphatic rings. The Morgan fingerprint density at radius 3 is 2.91 bits per heavy atom. The zero-order valence-electron chi connectivity index (χ0n) is 12.8. The van der Waals surface area contributed by atoms with Gasteiger partial charge in [-0.2, -0.15) is 0 Å². The van der Waals surface area contributed by atoms with Gasteiger partial charge in [-0.05, 0) is 25.1 Å². The van der Waals surface area contributed by atoms with E-state index in [-0.39, 0.29) is 6.04 Å². The Balaban J connectivity index is 2.05. The zero-order valence-corrected chi connectivity index (χ0v) is 12.8. The van der Waals surface area contributed by atoms with Crippen LogP contribution in [0.4, 0.5) is 0 Å². The van der Waals surface area contributed by atoms with Crippen molar-refractivity contribution >= 4 is 0 Å². The van der Waals surface area contributed by atoms with Crippen molar-refractivity contribution in [3.05, 3.63) is 30.6 Å². The Bertz CT molecular complexity index is 641. The summed E-state index contributed by atoms with van der Waals surface area (Å²) in [6, 6.07) is 5.73. The molecule has 1 fully saturated rings. The van der Waals surface area contributed by atoms with E-state index in [2.05, 4.69) is 10.3 Å². The molecule has 2 atom stereocenters. The number of nitrogens with zero attached hydrogens (tertiary/aromatic N) is 2. The molecule has 6 nitrogen and oxygen atoms in total. The summed E-state index contributed by atoms with van der Waals surface area (Å²) < 4.78 is 12.9. The van der Waals surface area contributed by atoms with Crippen LogP contribution in [0.5, 0.6) is 11.5 Å². The smallest absolute Gasteiger partial charge is 0.171 e. The number of aliphatic hydroxyl groups is 1. The molecule has 2 N–H and O–H groups in total. The molecule has 1 saturated heterocycles. The lowest BCUT2D eigenvalue weighted by Crippen LogP contribution is -2.41. The van der Waals surface area contributed by atoms with Gasteiger partial charge in [-0.15, -0.1) is 0 Å². The summed E-state index contributed by atoms with van der Waals surface area (Å²) >= 11 is 0. The van der Waals surface area contributed by atoms with E-state index in [0.717, 1.165) is 24.4 Å². The largest absolute Gasteiger partial charge is 0.493 e. The maximum atomic E-state index is 10.3. The standard InChI is InChI=1S/C16H21N3O3/c1-21-14-5-3-4-11(15(14)22-2)16-18-8-9-19(16)12-6-7-17-10-13(12)20/h3-5,8-9,12-13,17,20H,6-7,10H2,1-2H3/t12-,13-/m0/s1. The molecule has 2 heterocycles. The maximum absolute atomic E-state index is 10.3. The van der Waals surface area contributed by atoms with Crippen molar-refractivity contribution in [3.63, 3.8) is 0 Å². The van der Waals surface area contributed by atoms with Crippen LogP contribution in [0.2, 0.25) is 0 Å². The lowest BCUT2D eigenvalue weighted by Gasteiger charge is -2.30. The molecule has 0 amide bonds. The molecule has 6 heteroatoms. The number of imidazole rings is 1. The quantitative estimate of drug-likeness (QED) is 0.895. The van der Waals surface area contributed by atoms with Crippen LogP contribution in [0.3, 0.4) is 0 Å². The van der Waals surface area contributed by atoms with Crippen molar-refractivity contribution in [2.45, 2.75) is 18.6 Å². The number of methoxy groups -OCH3 is 2. The lowest BCUT2D eigenvalue weighted by atomic mass is 10.0. The molecular formula is C16H21N3O3. The molecule has 1 aromatic heterocycles. The molecule has 1 aliphatic heterocycles. The van der Waals surface area contributed by atoms with Gasteiger partial charge < -0.3 is 24.5 Å². The number of benzene rings is 1. The number of para-hydroxylation sites is 1. The Morgan fingerprint density at radius 1 is 1.32 bits per heavy atom. The van der Waals surface area contributed by atoms with Gasteiger partial charge >= 0.3 is 0 Å². The van der Waals surface area contributed by atoms with E-state index in [1.54, 1.807) is 20.4 Å². The molecule has 1 aromatic carbocycles. The topological polar surface area (TPSA) is 68.5 Å². The second kappa shape index (κ2) is 6.37. The van der Waals surface area contributed by atoms with E-state index in [1.165, 1.54) is 0 Å². The average molecular weight is 303 g/mol. The molecule has 0 aliphatic carbocycles. The Morgan fingerprint density at radius 2 is 2.18 bits per heavy atom. The maximum Gasteiger partial charge on any atom is 0.171 e. The number of rotatable bonds is 4. The average Bonchev–Trinajstić information content (AvgIpc) is 3.03. The fourth-order valence-corrected chi connectivity index (χ4v) is 3.01. The highest BCUT2D eigenvalue weighted by atomic mass is 16.5. The van der Waals surface area contributed by atoms with Crippen molar-refractivity contribution in [1.82, 2.24) is 14.9 Å². The predicted octanol–water partition coefficient (Wildman–Crippen LogP) is 1.46. The van der Waals surface area contributed by atoms with Crippen molar-refractivity contribution in [1.29, 1.82) is 0 Å². The van der Waals surface area contributed by atoms with E-state index >= 15 is 0 Å². The number of hydrogen-bond acceptors (Lipinski definition) is 5. The summed E-state index contributed by atoms with van der Waals surface area (Å²) in [6.07, 6.45) is 4.09. The summed E-state index contributed by atoms with van der Waals surface area (Å²) in [5, 5.41) is 13.5. The third-order valence-corrected chi connectivity index (χ3v) is 4.08. The third kappa shape index (κ3) is 2.55. The highest BCUT2D eigenvalue weighted by Gasteiger charge is 2.27. The van der Waals surface area contributed by atoms with Gasteiger partial charge in [0, 0.05) is 18.9 Å². The number of aromatic nitrogens is 2.